The largest absolute Gasteiger partial charge is 0.493 e. The topological polar surface area (TPSA) is 97.2 Å². The molecule has 1 N–H and O–H groups in total. The van der Waals surface area contributed by atoms with Crippen LogP contribution < -0.4 is 9.47 Å². The first-order valence-corrected chi connectivity index (χ1v) is 9.07. The lowest BCUT2D eigenvalue weighted by Crippen LogP contribution is -2.18. The zero-order valence-electron chi connectivity index (χ0n) is 16.4. The van der Waals surface area contributed by atoms with Gasteiger partial charge in [0.05, 0.1) is 29.8 Å². The molecule has 29 heavy (non-hydrogen) atoms. The second-order valence-corrected chi connectivity index (χ2v) is 6.51. The number of carbonyl (C=O) groups excluding carboxylic acids is 1. The van der Waals surface area contributed by atoms with Crippen LogP contribution in [0.25, 0.3) is 22.7 Å². The van der Waals surface area contributed by atoms with Gasteiger partial charge in [-0.15, -0.1) is 0 Å². The highest BCUT2D eigenvalue weighted by Crippen LogP contribution is 2.30. The van der Waals surface area contributed by atoms with Crippen molar-refractivity contribution in [3.05, 3.63) is 53.9 Å². The van der Waals surface area contributed by atoms with Crippen molar-refractivity contribution in [2.45, 2.75) is 20.0 Å². The van der Waals surface area contributed by atoms with Gasteiger partial charge in [0, 0.05) is 0 Å². The summed E-state index contributed by atoms with van der Waals surface area (Å²) in [5.41, 5.74) is 2.77. The van der Waals surface area contributed by atoms with E-state index in [4.69, 9.17) is 14.2 Å². The van der Waals surface area contributed by atoms with E-state index in [0.717, 1.165) is 16.6 Å². The first kappa shape index (κ1) is 20.0. The lowest BCUT2D eigenvalue weighted by atomic mass is 10.1. The fourth-order valence-corrected chi connectivity index (χ4v) is 2.73. The third-order valence-electron chi connectivity index (χ3n) is 3.98. The average molecular weight is 391 g/mol. The summed E-state index contributed by atoms with van der Waals surface area (Å²) in [6, 6.07) is 14.9. The van der Waals surface area contributed by atoms with Gasteiger partial charge in [-0.25, -0.2) is 9.78 Å². The van der Waals surface area contributed by atoms with Crippen LogP contribution in [0, 0.1) is 11.3 Å². The zero-order chi connectivity index (χ0) is 20.8. The third kappa shape index (κ3) is 4.93. The highest BCUT2D eigenvalue weighted by Gasteiger charge is 2.12. The van der Waals surface area contributed by atoms with E-state index in [1.54, 1.807) is 38.1 Å². The molecule has 1 aromatic heterocycles. The van der Waals surface area contributed by atoms with Crippen LogP contribution in [0.4, 0.5) is 0 Å². The van der Waals surface area contributed by atoms with Gasteiger partial charge in [0.1, 0.15) is 11.9 Å². The maximum absolute atomic E-state index is 11.7. The van der Waals surface area contributed by atoms with E-state index >= 15 is 0 Å². The minimum atomic E-state index is -0.456. The summed E-state index contributed by atoms with van der Waals surface area (Å²) < 4.78 is 15.9. The van der Waals surface area contributed by atoms with E-state index in [1.165, 1.54) is 7.11 Å². The SMILES string of the molecule is COc1cc(/C=C(\C#N)c2nc3ccccc3[nH]2)ccc1OCC(=O)OC(C)C. The number of hydrogen-bond donors (Lipinski definition) is 1. The Bertz CT molecular complexity index is 1060. The molecule has 0 radical (unpaired) electrons. The summed E-state index contributed by atoms with van der Waals surface area (Å²) in [6.45, 7) is 3.33. The molecular formula is C22H21N3O4. The summed E-state index contributed by atoms with van der Waals surface area (Å²) >= 11 is 0. The first-order chi connectivity index (χ1) is 14.0. The number of benzene rings is 2. The van der Waals surface area contributed by atoms with Crippen molar-refractivity contribution in [2.75, 3.05) is 13.7 Å². The molecule has 0 aliphatic heterocycles. The van der Waals surface area contributed by atoms with Crippen LogP contribution in [0.15, 0.2) is 42.5 Å². The lowest BCUT2D eigenvalue weighted by molar-refractivity contribution is -0.149. The van der Waals surface area contributed by atoms with Crippen molar-refractivity contribution < 1.29 is 19.0 Å². The number of nitrogens with zero attached hydrogens (tertiary/aromatic N) is 2. The predicted octanol–water partition coefficient (Wildman–Crippen LogP) is 3.97. The number of hydrogen-bond acceptors (Lipinski definition) is 6. The van der Waals surface area contributed by atoms with Crippen LogP contribution in [0.2, 0.25) is 0 Å². The molecule has 3 aromatic rings. The minimum absolute atomic E-state index is 0.205. The molecule has 3 rings (SSSR count). The molecule has 0 saturated carbocycles. The average Bonchev–Trinajstić information content (AvgIpc) is 3.14. The van der Waals surface area contributed by atoms with Crippen molar-refractivity contribution in [1.29, 1.82) is 5.26 Å². The summed E-state index contributed by atoms with van der Waals surface area (Å²) in [5, 5.41) is 9.58. The number of para-hydroxylation sites is 2. The number of imidazole rings is 1. The summed E-state index contributed by atoms with van der Waals surface area (Å²) in [5.74, 6) is 0.887. The van der Waals surface area contributed by atoms with Crippen molar-refractivity contribution in [3.8, 4) is 17.6 Å². The Morgan fingerprint density at radius 2 is 2.03 bits per heavy atom. The Balaban J connectivity index is 1.82. The van der Waals surface area contributed by atoms with Gasteiger partial charge >= 0.3 is 5.97 Å². The van der Waals surface area contributed by atoms with Gasteiger partial charge in [-0.3, -0.25) is 0 Å². The van der Waals surface area contributed by atoms with Gasteiger partial charge in [-0.05, 0) is 49.8 Å². The molecule has 148 valence electrons. The molecule has 0 bridgehead atoms. The van der Waals surface area contributed by atoms with Gasteiger partial charge in [-0.1, -0.05) is 18.2 Å². The van der Waals surface area contributed by atoms with Crippen molar-refractivity contribution in [1.82, 2.24) is 9.97 Å². The molecule has 0 aliphatic carbocycles. The van der Waals surface area contributed by atoms with E-state index < -0.39 is 5.97 Å². The summed E-state index contributed by atoms with van der Waals surface area (Å²) in [6.07, 6.45) is 1.50. The van der Waals surface area contributed by atoms with Gasteiger partial charge in [0.2, 0.25) is 0 Å². The van der Waals surface area contributed by atoms with E-state index in [-0.39, 0.29) is 12.7 Å². The number of ether oxygens (including phenoxy) is 3. The molecule has 0 fully saturated rings. The van der Waals surface area contributed by atoms with Gasteiger partial charge in [0.25, 0.3) is 0 Å². The molecule has 0 saturated heterocycles. The van der Waals surface area contributed by atoms with E-state index in [9.17, 15) is 10.1 Å². The van der Waals surface area contributed by atoms with Crippen molar-refractivity contribution in [3.63, 3.8) is 0 Å². The van der Waals surface area contributed by atoms with E-state index in [1.807, 2.05) is 24.3 Å². The number of H-pyrrole nitrogens is 1. The highest BCUT2D eigenvalue weighted by molar-refractivity contribution is 5.90. The lowest BCUT2D eigenvalue weighted by Gasteiger charge is -2.12. The normalized spacial score (nSPS) is 11.3. The van der Waals surface area contributed by atoms with Crippen LogP contribution >= 0.6 is 0 Å². The van der Waals surface area contributed by atoms with Gasteiger partial charge < -0.3 is 19.2 Å². The molecule has 7 heteroatoms. The summed E-state index contributed by atoms with van der Waals surface area (Å²) in [4.78, 5) is 19.3. The Morgan fingerprint density at radius 1 is 1.24 bits per heavy atom. The van der Waals surface area contributed by atoms with Crippen LogP contribution in [0.1, 0.15) is 25.2 Å². The maximum Gasteiger partial charge on any atom is 0.344 e. The molecule has 0 atom stereocenters. The Hall–Kier alpha value is -3.79. The smallest absolute Gasteiger partial charge is 0.344 e. The second kappa shape index (κ2) is 8.93. The van der Waals surface area contributed by atoms with Crippen LogP contribution in [-0.2, 0) is 9.53 Å². The molecule has 0 amide bonds. The minimum Gasteiger partial charge on any atom is -0.493 e. The number of methoxy groups -OCH3 is 1. The molecule has 0 aliphatic rings. The van der Waals surface area contributed by atoms with Crippen molar-refractivity contribution in [2.24, 2.45) is 0 Å². The van der Waals surface area contributed by atoms with E-state index in [0.29, 0.717) is 22.9 Å². The number of nitrogens with one attached hydrogen (secondary N) is 1. The molecular weight excluding hydrogens is 370 g/mol. The Labute approximate surface area is 168 Å². The standard InChI is InChI=1S/C22H21N3O4/c1-14(2)29-21(26)13-28-19-9-8-15(11-20(19)27-3)10-16(12-23)22-24-17-6-4-5-7-18(17)25-22/h4-11,14H,13H2,1-3H3,(H,24,25)/b16-10+. The number of fused-ring (bicyclic) bond motifs is 1. The fourth-order valence-electron chi connectivity index (χ4n) is 2.73. The molecule has 1 heterocycles. The van der Waals surface area contributed by atoms with Gasteiger partial charge in [0.15, 0.2) is 18.1 Å². The monoisotopic (exact) mass is 391 g/mol. The Kier molecular flexibility index (Phi) is 6.15. The van der Waals surface area contributed by atoms with Crippen LogP contribution in [-0.4, -0.2) is 35.8 Å². The molecule has 0 spiro atoms. The fraction of sp³-hybridized carbons (Fsp3) is 0.227. The number of carbonyl (C=O) groups is 1. The first-order valence-electron chi connectivity index (χ1n) is 9.07. The van der Waals surface area contributed by atoms with Gasteiger partial charge in [-0.2, -0.15) is 5.26 Å². The molecule has 0 unspecified atom stereocenters. The van der Waals surface area contributed by atoms with Crippen LogP contribution in [0.5, 0.6) is 11.5 Å². The molecule has 2 aromatic carbocycles. The van der Waals surface area contributed by atoms with Crippen molar-refractivity contribution >= 4 is 28.7 Å². The third-order valence-corrected chi connectivity index (χ3v) is 3.98. The zero-order valence-corrected chi connectivity index (χ0v) is 16.4. The number of allylic oxidation sites excluding steroid dienone is 1. The number of esters is 1. The number of rotatable bonds is 7. The number of aromatic nitrogens is 2. The predicted molar refractivity (Wildman–Crippen MR) is 109 cm³/mol. The molecule has 7 nitrogen and oxygen atoms in total. The highest BCUT2D eigenvalue weighted by atomic mass is 16.6. The number of aromatic amines is 1. The second-order valence-electron chi connectivity index (χ2n) is 6.51. The quantitative estimate of drug-likeness (QED) is 0.483. The van der Waals surface area contributed by atoms with E-state index in [2.05, 4.69) is 16.0 Å². The summed E-state index contributed by atoms with van der Waals surface area (Å²) in [7, 11) is 1.51. The Morgan fingerprint density at radius 3 is 2.72 bits per heavy atom. The number of nitriles is 1. The maximum atomic E-state index is 11.7. The van der Waals surface area contributed by atoms with Crippen LogP contribution in [0.3, 0.4) is 0 Å².